The third-order valence-electron chi connectivity index (χ3n) is 5.45. The van der Waals surface area contributed by atoms with Gasteiger partial charge in [0.05, 0.1) is 24.1 Å². The number of carbonyl (C=O) groups excluding carboxylic acids is 1. The smallest absolute Gasteiger partial charge is 0.338 e. The largest absolute Gasteiger partial charge is 0.465 e. The summed E-state index contributed by atoms with van der Waals surface area (Å²) in [7, 11) is 1.41. The van der Waals surface area contributed by atoms with Crippen LogP contribution in [0.25, 0.3) is 16.8 Å². The summed E-state index contributed by atoms with van der Waals surface area (Å²) >= 11 is 0. The van der Waals surface area contributed by atoms with E-state index in [2.05, 4.69) is 53.9 Å². The second kappa shape index (κ2) is 8.95. The van der Waals surface area contributed by atoms with E-state index in [0.29, 0.717) is 5.56 Å². The number of aromatic nitrogens is 2. The van der Waals surface area contributed by atoms with Crippen LogP contribution in [0.2, 0.25) is 0 Å². The number of hydrogen-bond acceptors (Lipinski definition) is 3. The zero-order valence-corrected chi connectivity index (χ0v) is 17.5. The van der Waals surface area contributed by atoms with Crippen molar-refractivity contribution in [3.63, 3.8) is 0 Å². The lowest BCUT2D eigenvalue weighted by atomic mass is 9.97. The summed E-state index contributed by atoms with van der Waals surface area (Å²) in [6.07, 6.45) is 6.21. The van der Waals surface area contributed by atoms with Gasteiger partial charge in [0.1, 0.15) is 5.65 Å². The molecule has 0 radical (unpaired) electrons. The average molecular weight is 399 g/mol. The van der Waals surface area contributed by atoms with Crippen LogP contribution >= 0.6 is 0 Å². The SMILES string of the molecule is CCCCc1nc2ccccn2c1Cc1ccc(-c2ccccc2C(=O)OC)cc1. The highest BCUT2D eigenvalue weighted by Gasteiger charge is 2.14. The Labute approximate surface area is 177 Å². The van der Waals surface area contributed by atoms with Gasteiger partial charge in [-0.25, -0.2) is 9.78 Å². The number of benzene rings is 2. The van der Waals surface area contributed by atoms with Gasteiger partial charge in [0, 0.05) is 12.6 Å². The number of unbranched alkanes of at least 4 members (excludes halogenated alkanes) is 1. The lowest BCUT2D eigenvalue weighted by Gasteiger charge is -2.10. The summed E-state index contributed by atoms with van der Waals surface area (Å²) in [5.41, 5.74) is 7.12. The van der Waals surface area contributed by atoms with E-state index in [1.165, 1.54) is 24.1 Å². The molecule has 30 heavy (non-hydrogen) atoms. The molecule has 0 saturated carbocycles. The summed E-state index contributed by atoms with van der Waals surface area (Å²) < 4.78 is 7.13. The van der Waals surface area contributed by atoms with Crippen molar-refractivity contribution in [1.29, 1.82) is 0 Å². The molecule has 4 aromatic rings. The Balaban J connectivity index is 1.65. The van der Waals surface area contributed by atoms with Crippen LogP contribution in [0.15, 0.2) is 72.9 Å². The van der Waals surface area contributed by atoms with Crippen molar-refractivity contribution in [1.82, 2.24) is 9.38 Å². The Morgan fingerprint density at radius 3 is 2.53 bits per heavy atom. The number of hydrogen-bond donors (Lipinski definition) is 0. The fourth-order valence-electron chi connectivity index (χ4n) is 3.85. The third-order valence-corrected chi connectivity index (χ3v) is 5.45. The van der Waals surface area contributed by atoms with Gasteiger partial charge in [-0.2, -0.15) is 0 Å². The maximum atomic E-state index is 12.1. The van der Waals surface area contributed by atoms with Crippen molar-refractivity contribution in [2.45, 2.75) is 32.6 Å². The molecule has 0 unspecified atom stereocenters. The molecule has 0 aliphatic rings. The van der Waals surface area contributed by atoms with Crippen molar-refractivity contribution in [3.8, 4) is 11.1 Å². The van der Waals surface area contributed by atoms with E-state index in [4.69, 9.17) is 9.72 Å². The molecule has 0 aliphatic carbocycles. The van der Waals surface area contributed by atoms with E-state index in [1.807, 2.05) is 24.3 Å². The second-order valence-electron chi connectivity index (χ2n) is 7.45. The summed E-state index contributed by atoms with van der Waals surface area (Å²) in [6, 6.07) is 22.1. The number of fused-ring (bicyclic) bond motifs is 1. The van der Waals surface area contributed by atoms with Crippen molar-refractivity contribution in [3.05, 3.63) is 95.4 Å². The first kappa shape index (κ1) is 19.9. The summed E-state index contributed by atoms with van der Waals surface area (Å²) in [4.78, 5) is 17.0. The first-order valence-corrected chi connectivity index (χ1v) is 10.4. The molecule has 2 aromatic carbocycles. The maximum absolute atomic E-state index is 12.1. The molecule has 0 spiro atoms. The Morgan fingerprint density at radius 1 is 1.00 bits per heavy atom. The van der Waals surface area contributed by atoms with Gasteiger partial charge in [-0.1, -0.05) is 61.9 Å². The quantitative estimate of drug-likeness (QED) is 0.374. The van der Waals surface area contributed by atoms with E-state index >= 15 is 0 Å². The predicted octanol–water partition coefficient (Wildman–Crippen LogP) is 5.72. The number of esters is 1. The van der Waals surface area contributed by atoms with Crippen LogP contribution in [-0.2, 0) is 17.6 Å². The van der Waals surface area contributed by atoms with E-state index in [0.717, 1.165) is 42.5 Å². The highest BCUT2D eigenvalue weighted by atomic mass is 16.5. The highest BCUT2D eigenvalue weighted by Crippen LogP contribution is 2.26. The minimum atomic E-state index is -0.319. The molecule has 4 heteroatoms. The van der Waals surface area contributed by atoms with Crippen molar-refractivity contribution < 1.29 is 9.53 Å². The van der Waals surface area contributed by atoms with Crippen LogP contribution in [0.3, 0.4) is 0 Å². The van der Waals surface area contributed by atoms with Crippen molar-refractivity contribution in [2.75, 3.05) is 7.11 Å². The Bertz CT molecular complexity index is 1160. The van der Waals surface area contributed by atoms with Crippen LogP contribution < -0.4 is 0 Å². The number of methoxy groups -OCH3 is 1. The van der Waals surface area contributed by atoms with E-state index < -0.39 is 0 Å². The number of carbonyl (C=O) groups is 1. The molecular weight excluding hydrogens is 372 g/mol. The van der Waals surface area contributed by atoms with Crippen LogP contribution in [0.1, 0.15) is 47.1 Å². The number of ether oxygens (including phenoxy) is 1. The number of aryl methyl sites for hydroxylation is 1. The van der Waals surface area contributed by atoms with E-state index in [-0.39, 0.29) is 5.97 Å². The zero-order valence-electron chi connectivity index (χ0n) is 17.5. The first-order chi connectivity index (χ1) is 14.7. The lowest BCUT2D eigenvalue weighted by Crippen LogP contribution is -2.03. The normalized spacial score (nSPS) is 11.0. The number of nitrogens with zero attached hydrogens (tertiary/aromatic N) is 2. The van der Waals surface area contributed by atoms with E-state index in [1.54, 1.807) is 6.07 Å². The molecule has 0 fully saturated rings. The molecule has 4 nitrogen and oxygen atoms in total. The number of rotatable bonds is 7. The summed E-state index contributed by atoms with van der Waals surface area (Å²) in [5.74, 6) is -0.319. The van der Waals surface area contributed by atoms with Gasteiger partial charge in [-0.05, 0) is 47.7 Å². The van der Waals surface area contributed by atoms with Gasteiger partial charge in [0.25, 0.3) is 0 Å². The standard InChI is InChI=1S/C26H26N2O2/c1-3-4-11-23-24(28-17-8-7-12-25(28)27-23)18-19-13-15-20(16-14-19)21-9-5-6-10-22(21)26(29)30-2/h5-10,12-17H,3-4,11,18H2,1-2H3. The van der Waals surface area contributed by atoms with Gasteiger partial charge in [-0.15, -0.1) is 0 Å². The minimum Gasteiger partial charge on any atom is -0.465 e. The van der Waals surface area contributed by atoms with Gasteiger partial charge in [0.2, 0.25) is 0 Å². The Kier molecular flexibility index (Phi) is 5.94. The molecule has 0 aliphatic heterocycles. The first-order valence-electron chi connectivity index (χ1n) is 10.4. The maximum Gasteiger partial charge on any atom is 0.338 e. The average Bonchev–Trinajstić information content (AvgIpc) is 3.15. The van der Waals surface area contributed by atoms with Crippen molar-refractivity contribution >= 4 is 11.6 Å². The lowest BCUT2D eigenvalue weighted by molar-refractivity contribution is 0.0601. The van der Waals surface area contributed by atoms with Gasteiger partial charge in [-0.3, -0.25) is 0 Å². The number of pyridine rings is 1. The predicted molar refractivity (Wildman–Crippen MR) is 120 cm³/mol. The molecular formula is C26H26N2O2. The van der Waals surface area contributed by atoms with Crippen LogP contribution in [0.5, 0.6) is 0 Å². The third kappa shape index (κ3) is 3.99. The molecule has 0 bridgehead atoms. The highest BCUT2D eigenvalue weighted by molar-refractivity contribution is 5.97. The second-order valence-corrected chi connectivity index (χ2v) is 7.45. The van der Waals surface area contributed by atoms with Crippen LogP contribution in [0.4, 0.5) is 0 Å². The molecule has 0 amide bonds. The van der Waals surface area contributed by atoms with Crippen molar-refractivity contribution in [2.24, 2.45) is 0 Å². The number of imidazole rings is 1. The summed E-state index contributed by atoms with van der Waals surface area (Å²) in [6.45, 7) is 2.21. The molecule has 2 heterocycles. The Morgan fingerprint density at radius 2 is 1.77 bits per heavy atom. The molecule has 2 aromatic heterocycles. The molecule has 0 N–H and O–H groups in total. The molecule has 0 atom stereocenters. The zero-order chi connectivity index (χ0) is 20.9. The monoisotopic (exact) mass is 398 g/mol. The molecule has 4 rings (SSSR count). The topological polar surface area (TPSA) is 43.6 Å². The van der Waals surface area contributed by atoms with Gasteiger partial charge < -0.3 is 9.14 Å². The van der Waals surface area contributed by atoms with Gasteiger partial charge >= 0.3 is 5.97 Å². The van der Waals surface area contributed by atoms with Gasteiger partial charge in [0.15, 0.2) is 0 Å². The van der Waals surface area contributed by atoms with Crippen LogP contribution in [0, 0.1) is 0 Å². The Hall–Kier alpha value is -3.40. The molecule has 0 saturated heterocycles. The fraction of sp³-hybridized carbons (Fsp3) is 0.231. The minimum absolute atomic E-state index is 0.319. The van der Waals surface area contributed by atoms with E-state index in [9.17, 15) is 4.79 Å². The molecule has 152 valence electrons. The van der Waals surface area contributed by atoms with Crippen LogP contribution in [-0.4, -0.2) is 22.5 Å². The fourth-order valence-corrected chi connectivity index (χ4v) is 3.85. The summed E-state index contributed by atoms with van der Waals surface area (Å²) in [5, 5.41) is 0.